The first-order chi connectivity index (χ1) is 21.3. The molecule has 11 nitrogen and oxygen atoms in total. The second kappa shape index (κ2) is 9.01. The number of imide groups is 1. The average Bonchev–Trinajstić information content (AvgIpc) is 3.85. The Bertz CT molecular complexity index is 1910. The maximum atomic E-state index is 13.3. The Hall–Kier alpha value is -4.51. The van der Waals surface area contributed by atoms with Crippen molar-refractivity contribution in [3.8, 4) is 0 Å². The number of carbonyl (C=O) groups is 3. The van der Waals surface area contributed by atoms with E-state index in [9.17, 15) is 14.4 Å². The lowest BCUT2D eigenvalue weighted by atomic mass is 10.0. The number of hydrogen-bond acceptors (Lipinski definition) is 7. The number of urea groups is 1. The van der Waals surface area contributed by atoms with E-state index in [0.29, 0.717) is 40.5 Å². The topological polar surface area (TPSA) is 125 Å². The molecule has 222 valence electrons. The van der Waals surface area contributed by atoms with Crippen LogP contribution in [-0.2, 0) is 21.5 Å². The molecule has 0 spiro atoms. The minimum absolute atomic E-state index is 0.0309. The van der Waals surface area contributed by atoms with Gasteiger partial charge in [0.15, 0.2) is 5.65 Å². The summed E-state index contributed by atoms with van der Waals surface area (Å²) in [5, 5.41) is 6.96. The van der Waals surface area contributed by atoms with E-state index in [1.54, 1.807) is 11.0 Å². The van der Waals surface area contributed by atoms with Crippen LogP contribution in [0.15, 0.2) is 55.1 Å². The summed E-state index contributed by atoms with van der Waals surface area (Å²) >= 11 is 6.19. The first-order valence-corrected chi connectivity index (χ1v) is 15.5. The summed E-state index contributed by atoms with van der Waals surface area (Å²) in [6.45, 7) is 0.406. The Balaban J connectivity index is 0.917. The fourth-order valence-electron chi connectivity index (χ4n) is 6.95. The third-order valence-corrected chi connectivity index (χ3v) is 10.1. The summed E-state index contributed by atoms with van der Waals surface area (Å²) in [4.78, 5) is 55.7. The van der Waals surface area contributed by atoms with Gasteiger partial charge in [-0.1, -0.05) is 23.7 Å². The number of fused-ring (bicyclic) bond motifs is 2. The largest absolute Gasteiger partial charge is 0.364 e. The van der Waals surface area contributed by atoms with Crippen LogP contribution in [0.2, 0.25) is 5.02 Å². The van der Waals surface area contributed by atoms with Gasteiger partial charge < -0.3 is 15.0 Å². The fourth-order valence-corrected chi connectivity index (χ4v) is 7.14. The monoisotopic (exact) mass is 608 g/mol. The van der Waals surface area contributed by atoms with E-state index in [2.05, 4.69) is 26.8 Å². The molecule has 4 amide bonds. The van der Waals surface area contributed by atoms with E-state index < -0.39 is 0 Å². The molecule has 12 heteroatoms. The van der Waals surface area contributed by atoms with Crippen LogP contribution in [-0.4, -0.2) is 54.7 Å². The Morgan fingerprint density at radius 1 is 1.02 bits per heavy atom. The zero-order valence-corrected chi connectivity index (χ0v) is 24.5. The number of carbonyl (C=O) groups excluding carboxylic acids is 3. The molecule has 2 N–H and O–H groups in total. The summed E-state index contributed by atoms with van der Waals surface area (Å²) < 4.78 is 1.96. The van der Waals surface area contributed by atoms with Gasteiger partial charge in [0.1, 0.15) is 24.5 Å². The summed E-state index contributed by atoms with van der Waals surface area (Å²) in [5.41, 5.74) is 3.82. The zero-order chi connectivity index (χ0) is 29.8. The predicted octanol–water partition coefficient (Wildman–Crippen LogP) is 4.87. The van der Waals surface area contributed by atoms with Gasteiger partial charge in [-0.05, 0) is 73.8 Å². The number of halogens is 1. The van der Waals surface area contributed by atoms with Crippen LogP contribution in [0.25, 0.3) is 5.65 Å². The summed E-state index contributed by atoms with van der Waals surface area (Å²) in [5.74, 6) is 1.27. The number of pyridine rings is 1. The van der Waals surface area contributed by atoms with Gasteiger partial charge >= 0.3 is 6.03 Å². The van der Waals surface area contributed by atoms with E-state index in [4.69, 9.17) is 16.6 Å². The number of nitrogens with one attached hydrogen (secondary N) is 2. The van der Waals surface area contributed by atoms with Gasteiger partial charge in [0, 0.05) is 34.9 Å². The van der Waals surface area contributed by atoms with Gasteiger partial charge in [0.25, 0.3) is 5.91 Å². The van der Waals surface area contributed by atoms with E-state index in [0.717, 1.165) is 55.3 Å². The first-order valence-electron chi connectivity index (χ1n) is 15.1. The van der Waals surface area contributed by atoms with Crippen LogP contribution in [0.4, 0.5) is 22.1 Å². The lowest BCUT2D eigenvalue weighted by molar-refractivity contribution is -0.125. The standard InChI is InChI=1S/C32H29ClN8O3/c33-21-3-1-2-20(9-21)31-15-32(31,16-31)29(43)38-26-10-25(35-17-36-26)34-11-22-13-39-12-19(18-4-5-18)8-24(28(39)37-22)40-14-27(42)41(30(40)44)23-6-7-23/h1-3,8-10,12-13,17-18,23H,4-7,11,14-16H2,(H2,34,35,36,38,43)/t31-,32-. The molecule has 5 aliphatic rings. The number of nitrogens with zero attached hydrogens (tertiary/aromatic N) is 6. The Morgan fingerprint density at radius 2 is 1.84 bits per heavy atom. The van der Waals surface area contributed by atoms with E-state index >= 15 is 0 Å². The summed E-state index contributed by atoms with van der Waals surface area (Å²) in [6, 6.07) is 11.3. The number of anilines is 3. The maximum absolute atomic E-state index is 13.3. The summed E-state index contributed by atoms with van der Waals surface area (Å²) in [7, 11) is 0. The van der Waals surface area contributed by atoms with Crippen molar-refractivity contribution in [3.63, 3.8) is 0 Å². The molecule has 5 fully saturated rings. The molecule has 44 heavy (non-hydrogen) atoms. The molecule has 4 heterocycles. The smallest absolute Gasteiger partial charge is 0.332 e. The van der Waals surface area contributed by atoms with E-state index in [1.165, 1.54) is 11.2 Å². The predicted molar refractivity (Wildman–Crippen MR) is 163 cm³/mol. The Labute approximate surface area is 257 Å². The molecule has 1 aliphatic heterocycles. The highest BCUT2D eigenvalue weighted by Crippen LogP contribution is 2.86. The average molecular weight is 609 g/mol. The van der Waals surface area contributed by atoms with Crippen molar-refractivity contribution in [2.24, 2.45) is 5.41 Å². The lowest BCUT2D eigenvalue weighted by Crippen LogP contribution is -2.34. The SMILES string of the molecule is O=C1CN(c2cc(C3CC3)cn3cc(CNc4cc(NC(=O)[C@]56C[C@]5(c5cccc(Cl)c5)C6)ncn4)nc23)C(=O)N1C1CC1. The van der Waals surface area contributed by atoms with Gasteiger partial charge in [-0.2, -0.15) is 0 Å². The highest BCUT2D eigenvalue weighted by molar-refractivity contribution is 6.30. The van der Waals surface area contributed by atoms with Crippen molar-refractivity contribution >= 4 is 52.4 Å². The Morgan fingerprint density at radius 3 is 2.61 bits per heavy atom. The number of imidazole rings is 1. The fraction of sp³-hybridized carbons (Fsp3) is 0.375. The zero-order valence-electron chi connectivity index (χ0n) is 23.8. The van der Waals surface area contributed by atoms with Crippen LogP contribution < -0.4 is 15.5 Å². The van der Waals surface area contributed by atoms with Crippen molar-refractivity contribution in [1.29, 1.82) is 0 Å². The van der Waals surface area contributed by atoms with Crippen molar-refractivity contribution in [3.05, 3.63) is 77.0 Å². The second-order valence-electron chi connectivity index (χ2n) is 12.9. The minimum Gasteiger partial charge on any atom is -0.364 e. The van der Waals surface area contributed by atoms with E-state index in [1.807, 2.05) is 40.9 Å². The molecule has 4 aromatic rings. The molecule has 3 aromatic heterocycles. The molecule has 1 saturated heterocycles. The Kier molecular flexibility index (Phi) is 5.31. The van der Waals surface area contributed by atoms with Crippen molar-refractivity contribution in [1.82, 2.24) is 24.3 Å². The molecular weight excluding hydrogens is 580 g/mol. The van der Waals surface area contributed by atoms with Gasteiger partial charge in [0.2, 0.25) is 5.91 Å². The van der Waals surface area contributed by atoms with Gasteiger partial charge in [-0.25, -0.2) is 19.7 Å². The first kappa shape index (κ1) is 25.9. The van der Waals surface area contributed by atoms with Gasteiger partial charge in [-0.15, -0.1) is 0 Å². The molecule has 0 radical (unpaired) electrons. The summed E-state index contributed by atoms with van der Waals surface area (Å²) in [6.07, 6.45) is 11.1. The van der Waals surface area contributed by atoms with Crippen LogP contribution in [0.3, 0.4) is 0 Å². The third kappa shape index (κ3) is 4.02. The van der Waals surface area contributed by atoms with Crippen molar-refractivity contribution in [2.75, 3.05) is 22.1 Å². The van der Waals surface area contributed by atoms with Gasteiger partial charge in [-0.3, -0.25) is 19.4 Å². The molecule has 0 atom stereocenters. The highest BCUT2D eigenvalue weighted by atomic mass is 35.5. The molecular formula is C32H29ClN8O3. The maximum Gasteiger partial charge on any atom is 0.332 e. The quantitative estimate of drug-likeness (QED) is 0.260. The van der Waals surface area contributed by atoms with Crippen molar-refractivity contribution < 1.29 is 14.4 Å². The minimum atomic E-state index is -0.388. The lowest BCUT2D eigenvalue weighted by Gasteiger charge is -2.18. The van der Waals surface area contributed by atoms with Crippen LogP contribution in [0.5, 0.6) is 0 Å². The second-order valence-corrected chi connectivity index (χ2v) is 13.3. The van der Waals surface area contributed by atoms with Crippen LogP contribution >= 0.6 is 11.6 Å². The molecule has 9 rings (SSSR count). The van der Waals surface area contributed by atoms with Crippen LogP contribution in [0, 0.1) is 5.41 Å². The highest BCUT2D eigenvalue weighted by Gasteiger charge is 2.87. The molecule has 4 saturated carbocycles. The normalized spacial score (nSPS) is 25.4. The van der Waals surface area contributed by atoms with E-state index in [-0.39, 0.29) is 41.3 Å². The number of aromatic nitrogens is 4. The molecule has 1 aromatic carbocycles. The number of amides is 4. The molecule has 0 bridgehead atoms. The number of rotatable bonds is 9. The van der Waals surface area contributed by atoms with Crippen molar-refractivity contribution in [2.45, 2.75) is 62.4 Å². The molecule has 4 aliphatic carbocycles. The number of benzene rings is 1. The van der Waals surface area contributed by atoms with Gasteiger partial charge in [0.05, 0.1) is 23.3 Å². The molecule has 0 unspecified atom stereocenters. The van der Waals surface area contributed by atoms with Crippen LogP contribution in [0.1, 0.15) is 61.3 Å². The third-order valence-electron chi connectivity index (χ3n) is 9.90. The number of hydrogen-bond donors (Lipinski definition) is 2.